The zero-order chi connectivity index (χ0) is 9.42. The van der Waals surface area contributed by atoms with Gasteiger partial charge in [0.1, 0.15) is 0 Å². The van der Waals surface area contributed by atoms with E-state index < -0.39 is 0 Å². The van der Waals surface area contributed by atoms with Gasteiger partial charge in [-0.2, -0.15) is 0 Å². The minimum Gasteiger partial charge on any atom is -0.350 e. The van der Waals surface area contributed by atoms with Crippen LogP contribution in [0, 0.1) is 4.51 Å². The molecule has 2 rings (SSSR count). The van der Waals surface area contributed by atoms with Gasteiger partial charge in [0.15, 0.2) is 0 Å². The highest BCUT2D eigenvalue weighted by Crippen LogP contribution is 2.19. The van der Waals surface area contributed by atoms with Crippen LogP contribution in [0.15, 0.2) is 30.5 Å². The lowest BCUT2D eigenvalue weighted by Crippen LogP contribution is -1.91. The maximum absolute atomic E-state index is 5.90. The van der Waals surface area contributed by atoms with Crippen molar-refractivity contribution in [3.63, 3.8) is 0 Å². The van der Waals surface area contributed by atoms with Crippen molar-refractivity contribution in [3.8, 4) is 0 Å². The minimum atomic E-state index is 0.740. The Labute approximate surface area is 86.6 Å². The molecule has 0 bridgehead atoms. The quantitative estimate of drug-likeness (QED) is 0.601. The largest absolute Gasteiger partial charge is 0.350 e. The van der Waals surface area contributed by atoms with E-state index in [4.69, 9.17) is 23.8 Å². The first-order chi connectivity index (χ1) is 6.18. The van der Waals surface area contributed by atoms with Gasteiger partial charge in [-0.1, -0.05) is 23.8 Å². The predicted octanol–water partition coefficient (Wildman–Crippen LogP) is 3.56. The number of benzene rings is 1. The SMILES string of the molecule is Cn1ccc(=S)c2ccc(Cl)cc21. The molecule has 0 aliphatic rings. The Morgan fingerprint density at radius 3 is 2.85 bits per heavy atom. The third-order valence-electron chi connectivity index (χ3n) is 2.05. The van der Waals surface area contributed by atoms with E-state index >= 15 is 0 Å². The van der Waals surface area contributed by atoms with E-state index in [1.807, 2.05) is 42.1 Å². The van der Waals surface area contributed by atoms with Gasteiger partial charge in [0, 0.05) is 28.2 Å². The monoisotopic (exact) mass is 209 g/mol. The molecule has 0 atom stereocenters. The van der Waals surface area contributed by atoms with Crippen molar-refractivity contribution in [1.82, 2.24) is 4.57 Å². The van der Waals surface area contributed by atoms with E-state index in [2.05, 4.69) is 0 Å². The molecule has 3 heteroatoms. The molecule has 0 saturated heterocycles. The van der Waals surface area contributed by atoms with E-state index in [1.54, 1.807) is 0 Å². The summed E-state index contributed by atoms with van der Waals surface area (Å²) >= 11 is 11.1. The molecule has 66 valence electrons. The first kappa shape index (κ1) is 8.73. The van der Waals surface area contributed by atoms with Crippen LogP contribution >= 0.6 is 23.8 Å². The van der Waals surface area contributed by atoms with Crippen molar-refractivity contribution < 1.29 is 0 Å². The summed E-state index contributed by atoms with van der Waals surface area (Å²) in [5, 5.41) is 1.81. The fraction of sp³-hybridized carbons (Fsp3) is 0.100. The van der Waals surface area contributed by atoms with Gasteiger partial charge in [0.25, 0.3) is 0 Å². The topological polar surface area (TPSA) is 4.93 Å². The van der Waals surface area contributed by atoms with Crippen molar-refractivity contribution >= 4 is 34.7 Å². The van der Waals surface area contributed by atoms with E-state index in [0.29, 0.717) is 0 Å². The van der Waals surface area contributed by atoms with Crippen LogP contribution in [0.5, 0.6) is 0 Å². The molecule has 0 aliphatic carbocycles. The third-order valence-corrected chi connectivity index (χ3v) is 2.65. The van der Waals surface area contributed by atoms with E-state index in [1.165, 1.54) is 0 Å². The Morgan fingerprint density at radius 2 is 2.08 bits per heavy atom. The van der Waals surface area contributed by atoms with Gasteiger partial charge < -0.3 is 4.57 Å². The summed E-state index contributed by atoms with van der Waals surface area (Å²) in [5.74, 6) is 0. The van der Waals surface area contributed by atoms with E-state index in [-0.39, 0.29) is 0 Å². The first-order valence-electron chi connectivity index (χ1n) is 3.93. The van der Waals surface area contributed by atoms with Gasteiger partial charge >= 0.3 is 0 Å². The van der Waals surface area contributed by atoms with Gasteiger partial charge in [-0.25, -0.2) is 0 Å². The molecular weight excluding hydrogens is 202 g/mol. The number of hydrogen-bond acceptors (Lipinski definition) is 1. The maximum Gasteiger partial charge on any atom is 0.0506 e. The zero-order valence-corrected chi connectivity index (χ0v) is 8.69. The van der Waals surface area contributed by atoms with Gasteiger partial charge in [-0.05, 0) is 24.3 Å². The highest BCUT2D eigenvalue weighted by atomic mass is 35.5. The fourth-order valence-electron chi connectivity index (χ4n) is 1.35. The summed E-state index contributed by atoms with van der Waals surface area (Å²) < 4.78 is 2.88. The Balaban J connectivity index is 3.01. The van der Waals surface area contributed by atoms with Crippen LogP contribution in [0.3, 0.4) is 0 Å². The number of rotatable bonds is 0. The van der Waals surface area contributed by atoms with Crippen LogP contribution in [-0.4, -0.2) is 4.57 Å². The van der Waals surface area contributed by atoms with Gasteiger partial charge in [-0.15, -0.1) is 0 Å². The van der Waals surface area contributed by atoms with Crippen molar-refractivity contribution in [2.24, 2.45) is 7.05 Å². The van der Waals surface area contributed by atoms with Gasteiger partial charge in [0.2, 0.25) is 0 Å². The molecule has 0 amide bonds. The maximum atomic E-state index is 5.90. The number of hydrogen-bond donors (Lipinski definition) is 0. The molecule has 1 heterocycles. The molecule has 0 spiro atoms. The lowest BCUT2D eigenvalue weighted by Gasteiger charge is -2.04. The Hall–Kier alpha value is -0.860. The lowest BCUT2D eigenvalue weighted by molar-refractivity contribution is 0.952. The Morgan fingerprint density at radius 1 is 1.31 bits per heavy atom. The molecular formula is C10H8ClNS. The molecule has 1 aromatic heterocycles. The molecule has 0 unspecified atom stereocenters. The summed E-state index contributed by atoms with van der Waals surface area (Å²) in [6, 6.07) is 7.66. The van der Waals surface area contributed by atoms with Crippen LogP contribution in [0.2, 0.25) is 5.02 Å². The van der Waals surface area contributed by atoms with Crippen molar-refractivity contribution in [2.45, 2.75) is 0 Å². The predicted molar refractivity (Wildman–Crippen MR) is 58.8 cm³/mol. The molecule has 0 N–H and O–H groups in total. The number of aryl methyl sites for hydroxylation is 1. The Kier molecular flexibility index (Phi) is 2.10. The highest BCUT2D eigenvalue weighted by molar-refractivity contribution is 7.71. The van der Waals surface area contributed by atoms with Crippen molar-refractivity contribution in [3.05, 3.63) is 40.0 Å². The van der Waals surface area contributed by atoms with Gasteiger partial charge in [0.05, 0.1) is 5.52 Å². The number of halogens is 1. The standard InChI is InChI=1S/C10H8ClNS/c1-12-5-4-10(13)8-3-2-7(11)6-9(8)12/h2-6H,1H3. The summed E-state index contributed by atoms with van der Waals surface area (Å²) in [5.41, 5.74) is 1.07. The molecule has 13 heavy (non-hydrogen) atoms. The van der Waals surface area contributed by atoms with Crippen LogP contribution < -0.4 is 0 Å². The normalized spacial score (nSPS) is 10.6. The van der Waals surface area contributed by atoms with E-state index in [0.717, 1.165) is 20.4 Å². The van der Waals surface area contributed by atoms with Gasteiger partial charge in [-0.3, -0.25) is 0 Å². The summed E-state index contributed by atoms with van der Waals surface area (Å²) in [6.07, 6.45) is 1.95. The molecule has 0 radical (unpaired) electrons. The molecule has 0 saturated carbocycles. The van der Waals surface area contributed by atoms with Crippen LogP contribution in [0.1, 0.15) is 0 Å². The smallest absolute Gasteiger partial charge is 0.0506 e. The molecule has 1 nitrogen and oxygen atoms in total. The lowest BCUT2D eigenvalue weighted by atomic mass is 10.2. The molecule has 0 aliphatic heterocycles. The van der Waals surface area contributed by atoms with Crippen LogP contribution in [0.25, 0.3) is 10.9 Å². The van der Waals surface area contributed by atoms with Crippen LogP contribution in [-0.2, 0) is 7.05 Å². The van der Waals surface area contributed by atoms with Crippen LogP contribution in [0.4, 0.5) is 0 Å². The average Bonchev–Trinajstić information content (AvgIpc) is 2.12. The second-order valence-corrected chi connectivity index (χ2v) is 3.83. The molecule has 1 aromatic carbocycles. The number of fused-ring (bicyclic) bond motifs is 1. The number of pyridine rings is 1. The summed E-state index contributed by atoms with van der Waals surface area (Å²) in [4.78, 5) is 0. The minimum absolute atomic E-state index is 0.740. The summed E-state index contributed by atoms with van der Waals surface area (Å²) in [6.45, 7) is 0. The molecule has 0 fully saturated rings. The molecule has 2 aromatic rings. The summed E-state index contributed by atoms with van der Waals surface area (Å²) in [7, 11) is 1.98. The zero-order valence-electron chi connectivity index (χ0n) is 7.12. The van der Waals surface area contributed by atoms with E-state index in [9.17, 15) is 0 Å². The number of aromatic nitrogens is 1. The van der Waals surface area contributed by atoms with Crippen molar-refractivity contribution in [2.75, 3.05) is 0 Å². The number of nitrogens with zero attached hydrogens (tertiary/aromatic N) is 1. The fourth-order valence-corrected chi connectivity index (χ4v) is 1.75. The average molecular weight is 210 g/mol. The first-order valence-corrected chi connectivity index (χ1v) is 4.72. The second-order valence-electron chi connectivity index (χ2n) is 2.95. The Bertz CT molecular complexity index is 516. The third kappa shape index (κ3) is 1.47. The van der Waals surface area contributed by atoms with Crippen molar-refractivity contribution in [1.29, 1.82) is 0 Å². The second kappa shape index (κ2) is 3.13. The highest BCUT2D eigenvalue weighted by Gasteiger charge is 1.97.